The first kappa shape index (κ1) is 25.1. The Morgan fingerprint density at radius 1 is 1.18 bits per heavy atom. The van der Waals surface area contributed by atoms with Gasteiger partial charge in [-0.15, -0.1) is 0 Å². The van der Waals surface area contributed by atoms with Gasteiger partial charge in [-0.2, -0.15) is 13.2 Å². The monoisotopic (exact) mass is 483 g/mol. The molecule has 182 valence electrons. The number of fused-ring (bicyclic) bond motifs is 1. The number of anilines is 1. The molecule has 8 nitrogen and oxygen atoms in total. The number of aromatic nitrogens is 1. The van der Waals surface area contributed by atoms with Crippen LogP contribution in [0, 0.1) is 17.7 Å². The molecule has 2 aliphatic heterocycles. The van der Waals surface area contributed by atoms with Crippen LogP contribution in [0.2, 0.25) is 0 Å². The van der Waals surface area contributed by atoms with Gasteiger partial charge in [0.25, 0.3) is 0 Å². The fourth-order valence-corrected chi connectivity index (χ4v) is 3.79. The molecule has 2 aromatic rings. The third kappa shape index (κ3) is 6.50. The summed E-state index contributed by atoms with van der Waals surface area (Å²) in [5.74, 6) is -3.64. The summed E-state index contributed by atoms with van der Waals surface area (Å²) in [6, 6.07) is 9.59. The number of likely N-dealkylation sites (tertiary alicyclic amines) is 1. The average Bonchev–Trinajstić information content (AvgIpc) is 3.35. The quantitative estimate of drug-likeness (QED) is 0.647. The van der Waals surface area contributed by atoms with E-state index in [0.29, 0.717) is 30.9 Å². The Bertz CT molecular complexity index is 1030. The molecule has 2 fully saturated rings. The predicted molar refractivity (Wildman–Crippen MR) is 110 cm³/mol. The van der Waals surface area contributed by atoms with E-state index in [0.717, 1.165) is 0 Å². The van der Waals surface area contributed by atoms with Crippen molar-refractivity contribution in [2.45, 2.75) is 18.7 Å². The van der Waals surface area contributed by atoms with Crippen LogP contribution in [0.1, 0.15) is 5.56 Å². The number of carboxylic acids is 1. The van der Waals surface area contributed by atoms with Crippen molar-refractivity contribution in [2.24, 2.45) is 11.8 Å². The standard InChI is InChI=1S/C20H20FN3O3.C2HF3O2/c21-14-4-1-3-13(7-14)8-19(25)24-10-16-17(12-27-18(16)11-24)20(26)23-15-5-2-6-22-9-15;3-2(4,5)1(6)7/h1-7,9,16-18H,8,10-12H2,(H,23,26);(H,6,7)/t16-,17-,18-;/m1./s1. The lowest BCUT2D eigenvalue weighted by molar-refractivity contribution is -0.192. The third-order valence-corrected chi connectivity index (χ3v) is 5.42. The van der Waals surface area contributed by atoms with Gasteiger partial charge in [0.2, 0.25) is 11.8 Å². The number of rotatable bonds is 4. The van der Waals surface area contributed by atoms with E-state index in [1.807, 2.05) is 0 Å². The molecular formula is C22H21F4N3O5. The third-order valence-electron chi connectivity index (χ3n) is 5.42. The molecule has 4 rings (SSSR count). The van der Waals surface area contributed by atoms with E-state index in [1.54, 1.807) is 41.6 Å². The van der Waals surface area contributed by atoms with Crippen LogP contribution in [-0.2, 0) is 25.5 Å². The fraction of sp³-hybridized carbons (Fsp3) is 0.364. The number of halogens is 4. The van der Waals surface area contributed by atoms with E-state index >= 15 is 0 Å². The van der Waals surface area contributed by atoms with E-state index in [9.17, 15) is 27.2 Å². The number of nitrogens with one attached hydrogen (secondary N) is 1. The van der Waals surface area contributed by atoms with E-state index in [4.69, 9.17) is 14.6 Å². The van der Waals surface area contributed by atoms with Gasteiger partial charge in [-0.05, 0) is 29.8 Å². The Balaban J connectivity index is 0.000000406. The first-order valence-electron chi connectivity index (χ1n) is 10.2. The van der Waals surface area contributed by atoms with Crippen molar-refractivity contribution in [1.29, 1.82) is 0 Å². The van der Waals surface area contributed by atoms with Crippen LogP contribution in [0.3, 0.4) is 0 Å². The summed E-state index contributed by atoms with van der Waals surface area (Å²) >= 11 is 0. The SMILES string of the molecule is O=C(Nc1cccnc1)[C@@H]1CO[C@@H]2CN(C(=O)Cc3cccc(F)c3)C[C@@H]21.O=C(O)C(F)(F)F. The van der Waals surface area contributed by atoms with Gasteiger partial charge >= 0.3 is 12.1 Å². The average molecular weight is 483 g/mol. The second-order valence-electron chi connectivity index (χ2n) is 7.78. The molecule has 2 amide bonds. The minimum Gasteiger partial charge on any atom is -0.475 e. The minimum absolute atomic E-state index is 0.0295. The first-order valence-corrected chi connectivity index (χ1v) is 10.2. The highest BCUT2D eigenvalue weighted by Crippen LogP contribution is 2.34. The molecule has 12 heteroatoms. The van der Waals surface area contributed by atoms with Crippen LogP contribution in [0.25, 0.3) is 0 Å². The number of carbonyl (C=O) groups is 3. The van der Waals surface area contributed by atoms with Crippen molar-refractivity contribution in [3.05, 3.63) is 60.2 Å². The lowest BCUT2D eigenvalue weighted by atomic mass is 9.92. The van der Waals surface area contributed by atoms with E-state index < -0.39 is 12.1 Å². The minimum atomic E-state index is -5.08. The van der Waals surface area contributed by atoms with Gasteiger partial charge in [-0.1, -0.05) is 12.1 Å². The van der Waals surface area contributed by atoms with Crippen molar-refractivity contribution in [1.82, 2.24) is 9.88 Å². The molecule has 1 aromatic heterocycles. The van der Waals surface area contributed by atoms with Crippen LogP contribution in [0.4, 0.5) is 23.2 Å². The van der Waals surface area contributed by atoms with E-state index in [2.05, 4.69) is 10.3 Å². The molecule has 2 saturated heterocycles. The Morgan fingerprint density at radius 2 is 1.91 bits per heavy atom. The molecule has 3 heterocycles. The van der Waals surface area contributed by atoms with Gasteiger partial charge in [0.1, 0.15) is 5.82 Å². The zero-order valence-electron chi connectivity index (χ0n) is 17.7. The smallest absolute Gasteiger partial charge is 0.475 e. The molecule has 0 spiro atoms. The van der Waals surface area contributed by atoms with Crippen molar-refractivity contribution in [2.75, 3.05) is 25.0 Å². The van der Waals surface area contributed by atoms with Gasteiger partial charge in [0.15, 0.2) is 0 Å². The normalized spacial score (nSPS) is 21.3. The molecule has 2 N–H and O–H groups in total. The number of aliphatic carboxylic acids is 1. The molecule has 0 aliphatic carbocycles. The Kier molecular flexibility index (Phi) is 7.82. The van der Waals surface area contributed by atoms with Gasteiger partial charge < -0.3 is 20.1 Å². The predicted octanol–water partition coefficient (Wildman–Crippen LogP) is 2.51. The Hall–Kier alpha value is -3.54. The summed E-state index contributed by atoms with van der Waals surface area (Å²) in [7, 11) is 0. The number of pyridine rings is 1. The summed E-state index contributed by atoms with van der Waals surface area (Å²) in [6.45, 7) is 1.30. The Morgan fingerprint density at radius 3 is 2.53 bits per heavy atom. The summed E-state index contributed by atoms with van der Waals surface area (Å²) in [6.07, 6.45) is -1.84. The largest absolute Gasteiger partial charge is 0.490 e. The zero-order chi connectivity index (χ0) is 24.9. The molecule has 0 bridgehead atoms. The lowest BCUT2D eigenvalue weighted by Gasteiger charge is -2.20. The van der Waals surface area contributed by atoms with Gasteiger partial charge in [0, 0.05) is 25.2 Å². The summed E-state index contributed by atoms with van der Waals surface area (Å²) < 4.78 is 50.8. The van der Waals surface area contributed by atoms with Crippen LogP contribution < -0.4 is 5.32 Å². The number of alkyl halides is 3. The number of nitrogens with zero attached hydrogens (tertiary/aromatic N) is 2. The van der Waals surface area contributed by atoms with Crippen LogP contribution in [0.15, 0.2) is 48.8 Å². The Labute approximate surface area is 191 Å². The highest BCUT2D eigenvalue weighted by molar-refractivity contribution is 5.93. The van der Waals surface area contributed by atoms with Crippen LogP contribution in [-0.4, -0.2) is 64.8 Å². The van der Waals surface area contributed by atoms with Crippen molar-refractivity contribution in [3.63, 3.8) is 0 Å². The maximum absolute atomic E-state index is 13.3. The van der Waals surface area contributed by atoms with Crippen molar-refractivity contribution < 1.29 is 41.8 Å². The maximum Gasteiger partial charge on any atom is 0.490 e. The molecule has 2 aliphatic rings. The molecule has 3 atom stereocenters. The number of carboxylic acid groups (broad SMARTS) is 1. The first-order chi connectivity index (χ1) is 16.0. The topological polar surface area (TPSA) is 109 Å². The van der Waals surface area contributed by atoms with E-state index in [-0.39, 0.29) is 42.0 Å². The fourth-order valence-electron chi connectivity index (χ4n) is 3.79. The molecule has 0 radical (unpaired) electrons. The molecular weight excluding hydrogens is 462 g/mol. The molecule has 1 aromatic carbocycles. The summed E-state index contributed by atoms with van der Waals surface area (Å²) in [4.78, 5) is 39.8. The van der Waals surface area contributed by atoms with Crippen LogP contribution in [0.5, 0.6) is 0 Å². The second kappa shape index (κ2) is 10.6. The number of hydrogen-bond acceptors (Lipinski definition) is 5. The molecule has 0 saturated carbocycles. The summed E-state index contributed by atoms with van der Waals surface area (Å²) in [5, 5.41) is 9.99. The second-order valence-corrected chi connectivity index (χ2v) is 7.78. The number of carbonyl (C=O) groups excluding carboxylic acids is 2. The highest BCUT2D eigenvalue weighted by atomic mass is 19.4. The van der Waals surface area contributed by atoms with Gasteiger partial charge in [0.05, 0.1) is 36.9 Å². The highest BCUT2D eigenvalue weighted by Gasteiger charge is 2.48. The van der Waals surface area contributed by atoms with Gasteiger partial charge in [-0.25, -0.2) is 9.18 Å². The molecule has 0 unspecified atom stereocenters. The van der Waals surface area contributed by atoms with Crippen molar-refractivity contribution >= 4 is 23.5 Å². The number of ether oxygens (including phenoxy) is 1. The number of amides is 2. The zero-order valence-corrected chi connectivity index (χ0v) is 17.7. The number of hydrogen-bond donors (Lipinski definition) is 2. The van der Waals surface area contributed by atoms with E-state index in [1.165, 1.54) is 12.1 Å². The summed E-state index contributed by atoms with van der Waals surface area (Å²) in [5.41, 5.74) is 1.28. The number of benzene rings is 1. The van der Waals surface area contributed by atoms with Crippen molar-refractivity contribution in [3.8, 4) is 0 Å². The molecule has 34 heavy (non-hydrogen) atoms. The lowest BCUT2D eigenvalue weighted by Crippen LogP contribution is -2.34. The van der Waals surface area contributed by atoms with Crippen LogP contribution >= 0.6 is 0 Å². The van der Waals surface area contributed by atoms with Gasteiger partial charge in [-0.3, -0.25) is 14.6 Å². The maximum atomic E-state index is 13.3.